The summed E-state index contributed by atoms with van der Waals surface area (Å²) in [7, 11) is 1.44. The highest BCUT2D eigenvalue weighted by molar-refractivity contribution is 5.94. The van der Waals surface area contributed by atoms with Crippen molar-refractivity contribution in [3.8, 4) is 5.75 Å². The molecule has 1 amide bonds. The third-order valence-electron chi connectivity index (χ3n) is 3.31. The number of amides is 1. The zero-order chi connectivity index (χ0) is 16.9. The lowest BCUT2D eigenvalue weighted by atomic mass is 10.0. The van der Waals surface area contributed by atoms with Gasteiger partial charge in [0.2, 0.25) is 0 Å². The molecule has 0 aliphatic heterocycles. The van der Waals surface area contributed by atoms with E-state index in [9.17, 15) is 18.0 Å². The van der Waals surface area contributed by atoms with Crippen LogP contribution >= 0.6 is 0 Å². The van der Waals surface area contributed by atoms with Crippen molar-refractivity contribution in [2.45, 2.75) is 18.6 Å². The van der Waals surface area contributed by atoms with Gasteiger partial charge in [0.05, 0.1) is 7.11 Å². The first kappa shape index (κ1) is 16.9. The van der Waals surface area contributed by atoms with E-state index >= 15 is 0 Å². The van der Waals surface area contributed by atoms with Gasteiger partial charge in [-0.25, -0.2) is 0 Å². The highest BCUT2D eigenvalue weighted by Crippen LogP contribution is 2.25. The van der Waals surface area contributed by atoms with E-state index < -0.39 is 18.1 Å². The Kier molecular flexibility index (Phi) is 5.26. The highest BCUT2D eigenvalue weighted by Gasteiger charge is 2.40. The molecule has 0 aromatic heterocycles. The lowest BCUT2D eigenvalue weighted by Gasteiger charge is -2.22. The number of alkyl halides is 3. The molecule has 2 aromatic rings. The first-order chi connectivity index (χ1) is 10.9. The zero-order valence-corrected chi connectivity index (χ0v) is 12.4. The molecule has 122 valence electrons. The van der Waals surface area contributed by atoms with E-state index in [-0.39, 0.29) is 12.0 Å². The van der Waals surface area contributed by atoms with E-state index in [4.69, 9.17) is 4.74 Å². The molecule has 1 N–H and O–H groups in total. The summed E-state index contributed by atoms with van der Waals surface area (Å²) >= 11 is 0. The van der Waals surface area contributed by atoms with Crippen LogP contribution in [0.25, 0.3) is 0 Å². The summed E-state index contributed by atoms with van der Waals surface area (Å²) in [5.74, 6) is -0.284. The van der Waals surface area contributed by atoms with Crippen LogP contribution in [0.3, 0.4) is 0 Å². The fourth-order valence-electron chi connectivity index (χ4n) is 2.11. The van der Waals surface area contributed by atoms with E-state index in [1.807, 2.05) is 0 Å². The van der Waals surface area contributed by atoms with Crippen LogP contribution in [-0.2, 0) is 6.42 Å². The Balaban J connectivity index is 2.16. The van der Waals surface area contributed by atoms with E-state index in [2.05, 4.69) is 5.32 Å². The Morgan fingerprint density at radius 3 is 2.43 bits per heavy atom. The van der Waals surface area contributed by atoms with E-state index in [0.29, 0.717) is 11.3 Å². The number of carbonyl (C=O) groups is 1. The second-order valence-electron chi connectivity index (χ2n) is 4.99. The number of nitrogens with one attached hydrogen (secondary N) is 1. The molecule has 2 rings (SSSR count). The van der Waals surface area contributed by atoms with E-state index in [1.165, 1.54) is 25.3 Å². The minimum absolute atomic E-state index is 0.187. The topological polar surface area (TPSA) is 38.3 Å². The molecule has 23 heavy (non-hydrogen) atoms. The molecule has 0 aliphatic carbocycles. The quantitative estimate of drug-likeness (QED) is 0.913. The van der Waals surface area contributed by atoms with Crippen LogP contribution in [0.2, 0.25) is 0 Å². The monoisotopic (exact) mass is 323 g/mol. The lowest BCUT2D eigenvalue weighted by Crippen LogP contribution is -2.46. The fraction of sp³-hybridized carbons (Fsp3) is 0.235. The minimum atomic E-state index is -4.55. The van der Waals surface area contributed by atoms with E-state index in [0.717, 1.165) is 0 Å². The molecule has 1 atom stereocenters. The highest BCUT2D eigenvalue weighted by atomic mass is 19.4. The molecule has 3 nitrogen and oxygen atoms in total. The van der Waals surface area contributed by atoms with Gasteiger partial charge in [-0.3, -0.25) is 4.79 Å². The SMILES string of the molecule is COc1cccc(C[C@H](NC(=O)c2ccccc2)C(F)(F)F)c1. The summed E-state index contributed by atoms with van der Waals surface area (Å²) in [4.78, 5) is 12.0. The first-order valence-corrected chi connectivity index (χ1v) is 6.95. The number of rotatable bonds is 5. The van der Waals surface area contributed by atoms with Gasteiger partial charge < -0.3 is 10.1 Å². The molecular weight excluding hydrogens is 307 g/mol. The van der Waals surface area contributed by atoms with Crippen LogP contribution in [0.5, 0.6) is 5.75 Å². The van der Waals surface area contributed by atoms with Crippen LogP contribution in [0.1, 0.15) is 15.9 Å². The molecule has 2 aromatic carbocycles. The summed E-state index contributed by atoms with van der Waals surface area (Å²) in [5, 5.41) is 2.05. The van der Waals surface area contributed by atoms with Gasteiger partial charge in [0.15, 0.2) is 0 Å². The Morgan fingerprint density at radius 2 is 1.83 bits per heavy atom. The number of ether oxygens (including phenoxy) is 1. The van der Waals surface area contributed by atoms with Crippen LogP contribution in [0.15, 0.2) is 54.6 Å². The second-order valence-corrected chi connectivity index (χ2v) is 4.99. The summed E-state index contributed by atoms with van der Waals surface area (Å²) in [6, 6.07) is 12.2. The maximum absolute atomic E-state index is 13.2. The largest absolute Gasteiger partial charge is 0.497 e. The van der Waals surface area contributed by atoms with Crippen LogP contribution < -0.4 is 10.1 Å². The minimum Gasteiger partial charge on any atom is -0.497 e. The molecule has 0 aliphatic rings. The average Bonchev–Trinajstić information content (AvgIpc) is 2.54. The Labute approximate surface area is 132 Å². The summed E-state index contributed by atoms with van der Waals surface area (Å²) < 4.78 is 44.7. The fourth-order valence-corrected chi connectivity index (χ4v) is 2.11. The number of benzene rings is 2. The van der Waals surface area contributed by atoms with Gasteiger partial charge >= 0.3 is 6.18 Å². The molecule has 0 fully saturated rings. The third kappa shape index (κ3) is 4.74. The standard InChI is InChI=1S/C17H16F3NO2/c1-23-14-9-5-6-12(10-14)11-15(17(18,19)20)21-16(22)13-7-3-2-4-8-13/h2-10,15H,11H2,1H3,(H,21,22)/t15-/m0/s1. The molecule has 6 heteroatoms. The number of methoxy groups -OCH3 is 1. The Hall–Kier alpha value is -2.50. The molecule has 0 saturated heterocycles. The number of hydrogen-bond donors (Lipinski definition) is 1. The maximum Gasteiger partial charge on any atom is 0.408 e. The number of carbonyl (C=O) groups excluding carboxylic acids is 1. The number of halogens is 3. The predicted octanol–water partition coefficient (Wildman–Crippen LogP) is 3.60. The maximum atomic E-state index is 13.2. The van der Waals surface area contributed by atoms with Gasteiger partial charge in [-0.1, -0.05) is 30.3 Å². The second kappa shape index (κ2) is 7.17. The van der Waals surface area contributed by atoms with Gasteiger partial charge in [-0.15, -0.1) is 0 Å². The van der Waals surface area contributed by atoms with Gasteiger partial charge in [0, 0.05) is 12.0 Å². The molecule has 0 heterocycles. The summed E-state index contributed by atoms with van der Waals surface area (Å²) in [5.41, 5.74) is 0.618. The van der Waals surface area contributed by atoms with Crippen LogP contribution in [0.4, 0.5) is 13.2 Å². The summed E-state index contributed by atoms with van der Waals surface area (Å²) in [6.45, 7) is 0. The summed E-state index contributed by atoms with van der Waals surface area (Å²) in [6.07, 6.45) is -4.91. The van der Waals surface area contributed by atoms with Gasteiger partial charge in [0.1, 0.15) is 11.8 Å². The van der Waals surface area contributed by atoms with Crippen molar-refractivity contribution in [1.82, 2.24) is 5.32 Å². The van der Waals surface area contributed by atoms with Crippen molar-refractivity contribution in [1.29, 1.82) is 0 Å². The molecule has 0 bridgehead atoms. The molecular formula is C17H16F3NO2. The average molecular weight is 323 g/mol. The van der Waals surface area contributed by atoms with Gasteiger partial charge in [-0.05, 0) is 29.8 Å². The van der Waals surface area contributed by atoms with Crippen LogP contribution in [0, 0.1) is 0 Å². The molecule has 0 spiro atoms. The van der Waals surface area contributed by atoms with Crippen molar-refractivity contribution in [2.75, 3.05) is 7.11 Å². The van der Waals surface area contributed by atoms with Crippen molar-refractivity contribution >= 4 is 5.91 Å². The zero-order valence-electron chi connectivity index (χ0n) is 12.4. The molecule has 0 radical (unpaired) electrons. The van der Waals surface area contributed by atoms with E-state index in [1.54, 1.807) is 36.4 Å². The smallest absolute Gasteiger partial charge is 0.408 e. The van der Waals surface area contributed by atoms with Crippen LogP contribution in [-0.4, -0.2) is 25.2 Å². The normalized spacial score (nSPS) is 12.5. The van der Waals surface area contributed by atoms with Gasteiger partial charge in [-0.2, -0.15) is 13.2 Å². The van der Waals surface area contributed by atoms with Crippen molar-refractivity contribution in [2.24, 2.45) is 0 Å². The molecule has 0 saturated carbocycles. The van der Waals surface area contributed by atoms with Gasteiger partial charge in [0.25, 0.3) is 5.91 Å². The molecule has 0 unspecified atom stereocenters. The van der Waals surface area contributed by atoms with Crippen molar-refractivity contribution < 1.29 is 22.7 Å². The van der Waals surface area contributed by atoms with Crippen molar-refractivity contribution in [3.05, 3.63) is 65.7 Å². The van der Waals surface area contributed by atoms with Crippen molar-refractivity contribution in [3.63, 3.8) is 0 Å². The Bertz CT molecular complexity index is 656. The predicted molar refractivity (Wildman–Crippen MR) is 80.4 cm³/mol. The third-order valence-corrected chi connectivity index (χ3v) is 3.31. The Morgan fingerprint density at radius 1 is 1.13 bits per heavy atom. The number of hydrogen-bond acceptors (Lipinski definition) is 2. The lowest BCUT2D eigenvalue weighted by molar-refractivity contribution is -0.153. The first-order valence-electron chi connectivity index (χ1n) is 6.95.